The van der Waals surface area contributed by atoms with E-state index in [1.54, 1.807) is 12.4 Å². The summed E-state index contributed by atoms with van der Waals surface area (Å²) >= 11 is 0. The van der Waals surface area contributed by atoms with E-state index in [4.69, 9.17) is 10.2 Å². The smallest absolute Gasteiger partial charge is 0.232 e. The number of hydrogen-bond acceptors (Lipinski definition) is 7. The second-order valence-electron chi connectivity index (χ2n) is 8.35. The number of imidazole rings is 1. The zero-order valence-electron chi connectivity index (χ0n) is 18.8. The van der Waals surface area contributed by atoms with Gasteiger partial charge < -0.3 is 14.8 Å². The molecule has 0 atom stereocenters. The van der Waals surface area contributed by atoms with Crippen molar-refractivity contribution in [3.8, 4) is 17.5 Å². The summed E-state index contributed by atoms with van der Waals surface area (Å²) in [6, 6.07) is 5.56. The van der Waals surface area contributed by atoms with E-state index in [1.807, 2.05) is 30.8 Å². The number of nitrogens with zero attached hydrogens (tertiary/aromatic N) is 7. The topological polar surface area (TPSA) is 111 Å². The summed E-state index contributed by atoms with van der Waals surface area (Å²) in [6.45, 7) is 1.88. The molecule has 3 aromatic heterocycles. The van der Waals surface area contributed by atoms with E-state index in [2.05, 4.69) is 25.5 Å². The lowest BCUT2D eigenvalue weighted by molar-refractivity contribution is 0.582. The first kappa shape index (κ1) is 21.5. The summed E-state index contributed by atoms with van der Waals surface area (Å²) in [4.78, 5) is 15.0. The number of anilines is 4. The van der Waals surface area contributed by atoms with E-state index < -0.39 is 11.6 Å². The largest absolute Gasteiger partial charge is 0.340 e. The Morgan fingerprint density at radius 1 is 1.21 bits per heavy atom. The molecular formula is C23H21F2N9. The minimum atomic E-state index is -0.884. The molecule has 172 valence electrons. The molecule has 4 aromatic rings. The maximum absolute atomic E-state index is 14.8. The van der Waals surface area contributed by atoms with E-state index in [-0.39, 0.29) is 23.1 Å². The molecule has 11 heteroatoms. The quantitative estimate of drug-likeness (QED) is 0.436. The summed E-state index contributed by atoms with van der Waals surface area (Å²) in [5.41, 5.74) is 2.51. The van der Waals surface area contributed by atoms with Crippen molar-refractivity contribution >= 4 is 23.3 Å². The number of rotatable bonds is 6. The molecule has 5 rings (SSSR count). The van der Waals surface area contributed by atoms with Gasteiger partial charge in [0.15, 0.2) is 17.5 Å². The summed E-state index contributed by atoms with van der Waals surface area (Å²) < 4.78 is 31.4. The SMILES string of the molecule is Cc1cc(Nc2nc(N(C)c3c(F)cc(C#N)cc3F)nc(-c3cn(C)cn3)c2C2CC2)n[nH]1. The Balaban J connectivity index is 1.69. The summed E-state index contributed by atoms with van der Waals surface area (Å²) in [5, 5.41) is 19.4. The third kappa shape index (κ3) is 3.94. The van der Waals surface area contributed by atoms with Gasteiger partial charge in [0.2, 0.25) is 5.95 Å². The molecule has 1 aromatic carbocycles. The van der Waals surface area contributed by atoms with Gasteiger partial charge in [0, 0.05) is 37.6 Å². The summed E-state index contributed by atoms with van der Waals surface area (Å²) in [5.74, 6) is -0.392. The zero-order chi connectivity index (χ0) is 24.0. The number of aryl methyl sites for hydroxylation is 2. The number of aromatic nitrogens is 6. The van der Waals surface area contributed by atoms with Crippen LogP contribution in [-0.2, 0) is 7.05 Å². The molecule has 0 bridgehead atoms. The van der Waals surface area contributed by atoms with Crippen LogP contribution in [0, 0.1) is 29.9 Å². The lowest BCUT2D eigenvalue weighted by atomic mass is 10.1. The highest BCUT2D eigenvalue weighted by Crippen LogP contribution is 2.48. The Bertz CT molecular complexity index is 1410. The van der Waals surface area contributed by atoms with Gasteiger partial charge in [-0.2, -0.15) is 15.3 Å². The normalized spacial score (nSPS) is 13.1. The Morgan fingerprint density at radius 2 is 1.94 bits per heavy atom. The van der Waals surface area contributed by atoms with Crippen LogP contribution in [0.4, 0.5) is 32.1 Å². The van der Waals surface area contributed by atoms with Crippen molar-refractivity contribution < 1.29 is 8.78 Å². The Morgan fingerprint density at radius 3 is 2.50 bits per heavy atom. The molecule has 0 aliphatic heterocycles. The first-order valence-electron chi connectivity index (χ1n) is 10.7. The van der Waals surface area contributed by atoms with E-state index in [0.29, 0.717) is 23.0 Å². The van der Waals surface area contributed by atoms with E-state index in [0.717, 1.165) is 36.2 Å². The number of aromatic amines is 1. The molecule has 9 nitrogen and oxygen atoms in total. The van der Waals surface area contributed by atoms with Crippen molar-refractivity contribution in [1.29, 1.82) is 5.26 Å². The van der Waals surface area contributed by atoms with Gasteiger partial charge in [-0.15, -0.1) is 0 Å². The minimum Gasteiger partial charge on any atom is -0.340 e. The van der Waals surface area contributed by atoms with Crippen molar-refractivity contribution in [3.63, 3.8) is 0 Å². The molecule has 2 N–H and O–H groups in total. The number of benzene rings is 1. The predicted molar refractivity (Wildman–Crippen MR) is 122 cm³/mol. The average Bonchev–Trinajstić information content (AvgIpc) is 3.42. The number of nitrogens with one attached hydrogen (secondary N) is 2. The van der Waals surface area contributed by atoms with Crippen LogP contribution < -0.4 is 10.2 Å². The van der Waals surface area contributed by atoms with Crippen LogP contribution in [0.5, 0.6) is 0 Å². The highest BCUT2D eigenvalue weighted by Gasteiger charge is 2.33. The molecule has 0 saturated heterocycles. The highest BCUT2D eigenvalue weighted by molar-refractivity contribution is 5.73. The number of nitriles is 1. The van der Waals surface area contributed by atoms with Crippen LogP contribution in [0.2, 0.25) is 0 Å². The maximum Gasteiger partial charge on any atom is 0.232 e. The lowest BCUT2D eigenvalue weighted by Gasteiger charge is -2.22. The second kappa shape index (κ2) is 8.22. The third-order valence-electron chi connectivity index (χ3n) is 5.60. The molecule has 1 aliphatic carbocycles. The number of H-pyrrole nitrogens is 1. The molecular weight excluding hydrogens is 440 g/mol. The van der Waals surface area contributed by atoms with Gasteiger partial charge in [-0.25, -0.2) is 18.7 Å². The molecule has 0 amide bonds. The molecule has 1 saturated carbocycles. The molecule has 0 spiro atoms. The van der Waals surface area contributed by atoms with Crippen LogP contribution in [0.1, 0.15) is 35.6 Å². The summed E-state index contributed by atoms with van der Waals surface area (Å²) in [7, 11) is 3.33. The van der Waals surface area contributed by atoms with Crippen molar-refractivity contribution in [2.45, 2.75) is 25.7 Å². The van der Waals surface area contributed by atoms with Gasteiger partial charge in [0.05, 0.1) is 18.0 Å². The first-order valence-corrected chi connectivity index (χ1v) is 10.7. The van der Waals surface area contributed by atoms with Gasteiger partial charge in [0.25, 0.3) is 0 Å². The lowest BCUT2D eigenvalue weighted by Crippen LogP contribution is -2.18. The van der Waals surface area contributed by atoms with E-state index in [9.17, 15) is 8.78 Å². The van der Waals surface area contributed by atoms with Crippen LogP contribution >= 0.6 is 0 Å². The maximum atomic E-state index is 14.8. The van der Waals surface area contributed by atoms with Gasteiger partial charge in [-0.05, 0) is 37.8 Å². The van der Waals surface area contributed by atoms with Crippen molar-refractivity contribution in [1.82, 2.24) is 29.7 Å². The van der Waals surface area contributed by atoms with Crippen molar-refractivity contribution in [2.24, 2.45) is 7.05 Å². The Labute approximate surface area is 194 Å². The van der Waals surface area contributed by atoms with Crippen molar-refractivity contribution in [2.75, 3.05) is 17.3 Å². The third-order valence-corrected chi connectivity index (χ3v) is 5.60. The fraction of sp³-hybridized carbons (Fsp3) is 0.261. The molecule has 3 heterocycles. The summed E-state index contributed by atoms with van der Waals surface area (Å²) in [6.07, 6.45) is 5.46. The molecule has 34 heavy (non-hydrogen) atoms. The van der Waals surface area contributed by atoms with Crippen molar-refractivity contribution in [3.05, 3.63) is 59.2 Å². The predicted octanol–water partition coefficient (Wildman–Crippen LogP) is 4.45. The second-order valence-corrected chi connectivity index (χ2v) is 8.35. The van der Waals surface area contributed by atoms with Gasteiger partial charge in [-0.3, -0.25) is 5.10 Å². The zero-order valence-corrected chi connectivity index (χ0v) is 18.8. The van der Waals surface area contributed by atoms with Gasteiger partial charge in [-0.1, -0.05) is 0 Å². The monoisotopic (exact) mass is 461 g/mol. The van der Waals surface area contributed by atoms with Gasteiger partial charge in [0.1, 0.15) is 22.9 Å². The molecule has 1 aliphatic rings. The first-order chi connectivity index (χ1) is 16.3. The Kier molecular flexibility index (Phi) is 5.20. The van der Waals surface area contributed by atoms with Crippen LogP contribution in [0.25, 0.3) is 11.4 Å². The van der Waals surface area contributed by atoms with Crippen LogP contribution in [-0.4, -0.2) is 36.8 Å². The molecule has 0 radical (unpaired) electrons. The van der Waals surface area contributed by atoms with Crippen LogP contribution in [0.15, 0.2) is 30.7 Å². The van der Waals surface area contributed by atoms with E-state index >= 15 is 0 Å². The minimum absolute atomic E-state index is 0.0716. The number of halogens is 2. The number of hydrogen-bond donors (Lipinski definition) is 2. The van der Waals surface area contributed by atoms with E-state index in [1.165, 1.54) is 11.9 Å². The molecule has 1 fully saturated rings. The fourth-order valence-electron chi connectivity index (χ4n) is 3.85. The Hall–Kier alpha value is -4.33. The highest BCUT2D eigenvalue weighted by atomic mass is 19.1. The molecule has 0 unspecified atom stereocenters. The fourth-order valence-corrected chi connectivity index (χ4v) is 3.85. The average molecular weight is 461 g/mol. The van der Waals surface area contributed by atoms with Crippen LogP contribution in [0.3, 0.4) is 0 Å². The van der Waals surface area contributed by atoms with Gasteiger partial charge >= 0.3 is 0 Å². The standard InChI is InChI=1S/C23H21F2N9/c1-12-6-18(32-31-12)28-22-19(14-4-5-14)20(17-10-33(2)11-27-17)29-23(30-22)34(3)21-15(24)7-13(9-26)8-16(21)25/h6-8,10-11,14H,4-5H2,1-3H3,(H2,28,29,30,31,32).